The van der Waals surface area contributed by atoms with Crippen molar-refractivity contribution in [2.75, 3.05) is 32.1 Å². The number of nitrogens with zero attached hydrogens (tertiary/aromatic N) is 1. The molecule has 0 radical (unpaired) electrons. The van der Waals surface area contributed by atoms with Gasteiger partial charge in [-0.25, -0.2) is 17.2 Å². The van der Waals surface area contributed by atoms with Crippen LogP contribution in [0.1, 0.15) is 29.0 Å². The molecule has 0 aromatic heterocycles. The molecule has 0 unspecified atom stereocenters. The van der Waals surface area contributed by atoms with Gasteiger partial charge in [0.05, 0.1) is 18.0 Å². The number of amides is 1. The standard InChI is InChI=1S/C34H35ClF2N4O4S/c1-45-27-12-14-28(15-13-27)46(43,44)41-18-17-39-21-26(41)11-16-29-30(37)9-4-10-31(29)40-34(42)33(38)32(22-5-2-7-24(35)19-22)23-6-3-8-25(36)20-23/h2-10,12-15,19-20,26,32-33,39H,11,16-18,21,38H2,1H3,(H,40,42)/t26-,32-,33-/m0/s1. The van der Waals surface area contributed by atoms with Gasteiger partial charge in [0.25, 0.3) is 0 Å². The first-order valence-electron chi connectivity index (χ1n) is 14.8. The minimum Gasteiger partial charge on any atom is -0.497 e. The lowest BCUT2D eigenvalue weighted by Crippen LogP contribution is -2.53. The molecule has 1 amide bonds. The highest BCUT2D eigenvalue weighted by molar-refractivity contribution is 7.89. The third-order valence-electron chi connectivity index (χ3n) is 8.14. The Kier molecular flexibility index (Phi) is 10.7. The summed E-state index contributed by atoms with van der Waals surface area (Å²) in [6, 6.07) is 21.5. The van der Waals surface area contributed by atoms with Crippen molar-refractivity contribution in [3.63, 3.8) is 0 Å². The van der Waals surface area contributed by atoms with Crippen molar-refractivity contribution in [2.45, 2.75) is 35.7 Å². The van der Waals surface area contributed by atoms with E-state index in [2.05, 4.69) is 10.6 Å². The first kappa shape index (κ1) is 33.5. The van der Waals surface area contributed by atoms with E-state index in [0.717, 1.165) is 0 Å². The predicted octanol–water partition coefficient (Wildman–Crippen LogP) is 5.32. The molecule has 4 aromatic carbocycles. The number of nitrogens with two attached hydrogens (primary N) is 1. The Bertz CT molecular complexity index is 1750. The fraction of sp³-hybridized carbons (Fsp3) is 0.265. The summed E-state index contributed by atoms with van der Waals surface area (Å²) in [6.45, 7) is 1.11. The SMILES string of the molecule is COc1ccc(S(=O)(=O)N2CCNC[C@@H]2CCc2c(F)cccc2NC(=O)[C@@H](N)[C@H](c2cccc(F)c2)c2cccc(Cl)c2)cc1. The van der Waals surface area contributed by atoms with Crippen LogP contribution in [-0.4, -0.2) is 57.5 Å². The number of piperazine rings is 1. The Morgan fingerprint density at radius 3 is 2.43 bits per heavy atom. The van der Waals surface area contributed by atoms with E-state index in [1.165, 1.54) is 53.9 Å². The smallest absolute Gasteiger partial charge is 0.243 e. The fourth-order valence-electron chi connectivity index (χ4n) is 5.80. The van der Waals surface area contributed by atoms with Crippen LogP contribution in [0.25, 0.3) is 0 Å². The molecule has 1 aliphatic rings. The summed E-state index contributed by atoms with van der Waals surface area (Å²) in [5, 5.41) is 6.43. The van der Waals surface area contributed by atoms with Crippen LogP contribution in [0, 0.1) is 11.6 Å². The van der Waals surface area contributed by atoms with E-state index in [9.17, 15) is 17.6 Å². The second-order valence-electron chi connectivity index (χ2n) is 11.1. The van der Waals surface area contributed by atoms with Gasteiger partial charge in [-0.2, -0.15) is 4.31 Å². The average Bonchev–Trinajstić information content (AvgIpc) is 3.05. The van der Waals surface area contributed by atoms with Gasteiger partial charge in [0.2, 0.25) is 15.9 Å². The number of halogens is 3. The highest BCUT2D eigenvalue weighted by Gasteiger charge is 2.34. The molecule has 4 N–H and O–H groups in total. The number of methoxy groups -OCH3 is 1. The van der Waals surface area contributed by atoms with E-state index < -0.39 is 45.6 Å². The van der Waals surface area contributed by atoms with Gasteiger partial charge < -0.3 is 21.1 Å². The zero-order valence-electron chi connectivity index (χ0n) is 25.1. The lowest BCUT2D eigenvalue weighted by molar-refractivity contribution is -0.117. The Morgan fingerprint density at radius 1 is 1.04 bits per heavy atom. The maximum Gasteiger partial charge on any atom is 0.243 e. The molecular weight excluding hydrogens is 634 g/mol. The number of carbonyl (C=O) groups excluding carboxylic acids is 1. The second kappa shape index (κ2) is 14.7. The van der Waals surface area contributed by atoms with E-state index in [1.807, 2.05) is 0 Å². The number of sulfonamides is 1. The van der Waals surface area contributed by atoms with Gasteiger partial charge in [-0.15, -0.1) is 0 Å². The zero-order valence-corrected chi connectivity index (χ0v) is 26.7. The Morgan fingerprint density at radius 2 is 1.74 bits per heavy atom. The van der Waals surface area contributed by atoms with Crippen molar-refractivity contribution in [1.29, 1.82) is 0 Å². The van der Waals surface area contributed by atoms with Crippen molar-refractivity contribution < 1.29 is 26.7 Å². The van der Waals surface area contributed by atoms with E-state index in [1.54, 1.807) is 48.5 Å². The molecule has 8 nitrogen and oxygen atoms in total. The zero-order chi connectivity index (χ0) is 32.8. The summed E-state index contributed by atoms with van der Waals surface area (Å²) < 4.78 is 63.3. The summed E-state index contributed by atoms with van der Waals surface area (Å²) in [5.41, 5.74) is 8.07. The van der Waals surface area contributed by atoms with E-state index in [4.69, 9.17) is 22.1 Å². The normalized spacial score (nSPS) is 16.8. The van der Waals surface area contributed by atoms with Crippen molar-refractivity contribution in [3.05, 3.63) is 124 Å². The molecule has 0 aliphatic carbocycles. The monoisotopic (exact) mass is 668 g/mol. The predicted molar refractivity (Wildman–Crippen MR) is 175 cm³/mol. The highest BCUT2D eigenvalue weighted by Crippen LogP contribution is 2.31. The number of hydrogen-bond acceptors (Lipinski definition) is 6. The molecule has 1 saturated heterocycles. The van der Waals surface area contributed by atoms with Crippen LogP contribution >= 0.6 is 11.6 Å². The summed E-state index contributed by atoms with van der Waals surface area (Å²) in [5.74, 6) is -1.85. The topological polar surface area (TPSA) is 114 Å². The molecule has 1 heterocycles. The average molecular weight is 669 g/mol. The van der Waals surface area contributed by atoms with Gasteiger partial charge in [-0.1, -0.05) is 41.9 Å². The van der Waals surface area contributed by atoms with Crippen LogP contribution in [0.4, 0.5) is 14.5 Å². The molecule has 46 heavy (non-hydrogen) atoms. The number of carbonyl (C=O) groups is 1. The maximum atomic E-state index is 15.3. The van der Waals surface area contributed by atoms with Crippen LogP contribution in [0.3, 0.4) is 0 Å². The Hall–Kier alpha value is -3.87. The van der Waals surface area contributed by atoms with Crippen molar-refractivity contribution >= 4 is 33.2 Å². The molecule has 0 spiro atoms. The molecule has 1 fully saturated rings. The quantitative estimate of drug-likeness (QED) is 0.199. The number of ether oxygens (including phenoxy) is 1. The third-order valence-corrected chi connectivity index (χ3v) is 10.3. The van der Waals surface area contributed by atoms with Crippen LogP contribution in [0.15, 0.2) is 95.9 Å². The van der Waals surface area contributed by atoms with Gasteiger partial charge in [0.1, 0.15) is 17.4 Å². The Balaban J connectivity index is 1.36. The lowest BCUT2D eigenvalue weighted by Gasteiger charge is -2.35. The second-order valence-corrected chi connectivity index (χ2v) is 13.4. The largest absolute Gasteiger partial charge is 0.497 e. The minimum absolute atomic E-state index is 0.139. The summed E-state index contributed by atoms with van der Waals surface area (Å²) in [6.07, 6.45) is 0.423. The van der Waals surface area contributed by atoms with Crippen LogP contribution in [0.2, 0.25) is 5.02 Å². The maximum absolute atomic E-state index is 15.3. The van der Waals surface area contributed by atoms with Crippen molar-refractivity contribution in [3.8, 4) is 5.75 Å². The lowest BCUT2D eigenvalue weighted by atomic mass is 9.85. The van der Waals surface area contributed by atoms with E-state index in [0.29, 0.717) is 35.0 Å². The number of anilines is 1. The van der Waals surface area contributed by atoms with Gasteiger partial charge >= 0.3 is 0 Å². The van der Waals surface area contributed by atoms with Gasteiger partial charge in [0, 0.05) is 47.9 Å². The fourth-order valence-corrected chi connectivity index (χ4v) is 7.66. The van der Waals surface area contributed by atoms with Crippen molar-refractivity contribution in [1.82, 2.24) is 9.62 Å². The number of nitrogens with one attached hydrogen (secondary N) is 2. The minimum atomic E-state index is -3.84. The van der Waals surface area contributed by atoms with Crippen LogP contribution < -0.4 is 21.1 Å². The molecular formula is C34H35ClF2N4O4S. The Labute approximate surface area is 272 Å². The number of benzene rings is 4. The molecule has 242 valence electrons. The highest BCUT2D eigenvalue weighted by atomic mass is 35.5. The molecule has 12 heteroatoms. The molecule has 0 saturated carbocycles. The van der Waals surface area contributed by atoms with Crippen LogP contribution in [-0.2, 0) is 21.2 Å². The van der Waals surface area contributed by atoms with Gasteiger partial charge in [0.15, 0.2) is 0 Å². The van der Waals surface area contributed by atoms with E-state index in [-0.39, 0.29) is 35.5 Å². The first-order chi connectivity index (χ1) is 22.1. The summed E-state index contributed by atoms with van der Waals surface area (Å²) in [4.78, 5) is 13.8. The molecule has 1 aliphatic heterocycles. The third kappa shape index (κ3) is 7.56. The van der Waals surface area contributed by atoms with Crippen LogP contribution in [0.5, 0.6) is 5.75 Å². The van der Waals surface area contributed by atoms with Crippen molar-refractivity contribution in [2.24, 2.45) is 5.73 Å². The number of rotatable bonds is 11. The molecule has 0 bridgehead atoms. The first-order valence-corrected chi connectivity index (χ1v) is 16.6. The summed E-state index contributed by atoms with van der Waals surface area (Å²) >= 11 is 6.24. The number of hydrogen-bond donors (Lipinski definition) is 3. The summed E-state index contributed by atoms with van der Waals surface area (Å²) in [7, 11) is -2.33. The van der Waals surface area contributed by atoms with Gasteiger partial charge in [-0.3, -0.25) is 4.79 Å². The molecule has 3 atom stereocenters. The van der Waals surface area contributed by atoms with Gasteiger partial charge in [-0.05, 0) is 84.6 Å². The molecule has 5 rings (SSSR count). The molecule has 4 aromatic rings. The van der Waals surface area contributed by atoms with E-state index >= 15 is 4.39 Å².